The van der Waals surface area contributed by atoms with Gasteiger partial charge in [0, 0.05) is 28.0 Å². The number of Topliss-reactive ketones (excluding diaryl/α,β-unsaturated/α-hetero) is 1. The lowest BCUT2D eigenvalue weighted by molar-refractivity contribution is -0.140. The van der Waals surface area contributed by atoms with Crippen LogP contribution in [0.15, 0.2) is 45.8 Å². The Morgan fingerprint density at radius 3 is 2.55 bits per heavy atom. The van der Waals surface area contributed by atoms with Crippen LogP contribution in [0, 0.1) is 6.92 Å². The molecule has 0 spiro atoms. The number of halogens is 1. The number of likely N-dealkylation sites (N-methyl/N-ethyl adjacent to an activating group) is 1. The number of aliphatic hydroxyl groups is 1. The van der Waals surface area contributed by atoms with E-state index in [1.165, 1.54) is 11.3 Å². The van der Waals surface area contributed by atoms with Crippen molar-refractivity contribution in [2.75, 3.05) is 26.2 Å². The number of benzene rings is 1. The third kappa shape index (κ3) is 4.32. The molecule has 1 aliphatic rings. The largest absolute Gasteiger partial charge is 0.507 e. The van der Waals surface area contributed by atoms with E-state index in [4.69, 9.17) is 0 Å². The fraction of sp³-hybridized carbons (Fsp3) is 0.364. The molecule has 0 aliphatic carbocycles. The monoisotopic (exact) mass is 476 g/mol. The van der Waals surface area contributed by atoms with Crippen LogP contribution in [0.2, 0.25) is 0 Å². The predicted octanol–water partition coefficient (Wildman–Crippen LogP) is 4.58. The van der Waals surface area contributed by atoms with Crippen molar-refractivity contribution in [1.29, 1.82) is 0 Å². The Morgan fingerprint density at radius 1 is 1.24 bits per heavy atom. The van der Waals surface area contributed by atoms with Crippen molar-refractivity contribution in [3.05, 3.63) is 61.8 Å². The van der Waals surface area contributed by atoms with E-state index in [-0.39, 0.29) is 11.3 Å². The lowest BCUT2D eigenvalue weighted by Crippen LogP contribution is -2.37. The molecule has 3 rings (SSSR count). The Labute approximate surface area is 183 Å². The molecule has 1 amide bonds. The van der Waals surface area contributed by atoms with Crippen LogP contribution in [-0.4, -0.2) is 52.8 Å². The van der Waals surface area contributed by atoms with E-state index in [1.807, 2.05) is 36.6 Å². The van der Waals surface area contributed by atoms with Gasteiger partial charge in [-0.15, -0.1) is 11.3 Å². The van der Waals surface area contributed by atoms with Gasteiger partial charge in [0.2, 0.25) is 0 Å². The Hall–Kier alpha value is -1.96. The van der Waals surface area contributed by atoms with E-state index in [0.29, 0.717) is 18.7 Å². The minimum atomic E-state index is -0.624. The smallest absolute Gasteiger partial charge is 0.295 e. The highest BCUT2D eigenvalue weighted by Gasteiger charge is 2.46. The molecule has 1 aromatic heterocycles. The summed E-state index contributed by atoms with van der Waals surface area (Å²) in [6.45, 7) is 8.93. The van der Waals surface area contributed by atoms with E-state index < -0.39 is 17.7 Å². The summed E-state index contributed by atoms with van der Waals surface area (Å²) in [5, 5.41) is 13.0. The van der Waals surface area contributed by atoms with Crippen LogP contribution in [0.3, 0.4) is 0 Å². The summed E-state index contributed by atoms with van der Waals surface area (Å²) in [5.74, 6) is -1.30. The van der Waals surface area contributed by atoms with Gasteiger partial charge in [-0.3, -0.25) is 9.59 Å². The standard InChI is InChI=1S/C22H25BrN2O3S/c1-4-24(5-2)10-11-25-19(17-7-6-12-29-17)18(21(27)22(25)28)20(26)15-8-9-16(23)14(3)13-15/h6-9,12-13,19,26H,4-5,10-11H2,1-3H3/b20-18-. The highest BCUT2D eigenvalue weighted by molar-refractivity contribution is 9.10. The second kappa shape index (κ2) is 9.24. The quantitative estimate of drug-likeness (QED) is 0.360. The first-order valence-corrected chi connectivity index (χ1v) is 11.4. The third-order valence-corrected chi connectivity index (χ3v) is 7.15. The SMILES string of the molecule is CCN(CC)CCN1C(=O)C(=O)/C(=C(\O)c2ccc(Br)c(C)c2)C1c1cccs1. The first kappa shape index (κ1) is 21.7. The van der Waals surface area contributed by atoms with Crippen LogP contribution in [-0.2, 0) is 9.59 Å². The summed E-state index contributed by atoms with van der Waals surface area (Å²) >= 11 is 4.94. The molecule has 1 saturated heterocycles. The van der Waals surface area contributed by atoms with E-state index in [0.717, 1.165) is 28.0 Å². The number of hydrogen-bond acceptors (Lipinski definition) is 5. The van der Waals surface area contributed by atoms with E-state index in [1.54, 1.807) is 11.0 Å². The van der Waals surface area contributed by atoms with E-state index in [2.05, 4.69) is 34.7 Å². The second-order valence-corrected chi connectivity index (χ2v) is 8.83. The number of amides is 1. The molecule has 0 saturated carbocycles. The molecule has 1 aromatic carbocycles. The van der Waals surface area contributed by atoms with Crippen molar-refractivity contribution in [3.8, 4) is 0 Å². The molecular weight excluding hydrogens is 452 g/mol. The van der Waals surface area contributed by atoms with Gasteiger partial charge >= 0.3 is 0 Å². The number of nitrogens with zero attached hydrogens (tertiary/aromatic N) is 2. The van der Waals surface area contributed by atoms with Gasteiger partial charge in [-0.05, 0) is 49.2 Å². The first-order valence-electron chi connectivity index (χ1n) is 9.69. The molecule has 1 unspecified atom stereocenters. The molecule has 1 fully saturated rings. The lowest BCUT2D eigenvalue weighted by Gasteiger charge is -2.27. The van der Waals surface area contributed by atoms with Crippen LogP contribution < -0.4 is 0 Å². The number of carbonyl (C=O) groups is 2. The van der Waals surface area contributed by atoms with Gasteiger partial charge in [0.1, 0.15) is 5.76 Å². The molecule has 2 aromatic rings. The third-order valence-electron chi connectivity index (χ3n) is 5.34. The predicted molar refractivity (Wildman–Crippen MR) is 120 cm³/mol. The van der Waals surface area contributed by atoms with Crippen LogP contribution in [0.25, 0.3) is 5.76 Å². The minimum absolute atomic E-state index is 0.123. The maximum atomic E-state index is 12.9. The summed E-state index contributed by atoms with van der Waals surface area (Å²) < 4.78 is 0.920. The van der Waals surface area contributed by atoms with Crippen molar-refractivity contribution in [2.24, 2.45) is 0 Å². The van der Waals surface area contributed by atoms with Gasteiger partial charge in [-0.2, -0.15) is 0 Å². The lowest BCUT2D eigenvalue weighted by atomic mass is 9.99. The first-order chi connectivity index (χ1) is 13.9. The van der Waals surface area contributed by atoms with Crippen molar-refractivity contribution >= 4 is 44.7 Å². The molecule has 1 N–H and O–H groups in total. The summed E-state index contributed by atoms with van der Waals surface area (Å²) in [5.41, 5.74) is 1.64. The molecule has 5 nitrogen and oxygen atoms in total. The van der Waals surface area contributed by atoms with Crippen LogP contribution in [0.4, 0.5) is 0 Å². The molecular formula is C22H25BrN2O3S. The van der Waals surface area contributed by atoms with Gasteiger partial charge in [0.15, 0.2) is 0 Å². The highest BCUT2D eigenvalue weighted by atomic mass is 79.9. The van der Waals surface area contributed by atoms with Gasteiger partial charge in [-0.1, -0.05) is 41.9 Å². The fourth-order valence-electron chi connectivity index (χ4n) is 3.59. The van der Waals surface area contributed by atoms with Crippen LogP contribution in [0.1, 0.15) is 35.9 Å². The summed E-state index contributed by atoms with van der Waals surface area (Å²) in [7, 11) is 0. The number of aliphatic hydroxyl groups excluding tert-OH is 1. The van der Waals surface area contributed by atoms with Crippen LogP contribution >= 0.6 is 27.3 Å². The Balaban J connectivity index is 2.06. The van der Waals surface area contributed by atoms with Crippen molar-refractivity contribution in [3.63, 3.8) is 0 Å². The number of ketones is 1. The summed E-state index contributed by atoms with van der Waals surface area (Å²) in [6, 6.07) is 8.64. The van der Waals surface area contributed by atoms with Crippen molar-refractivity contribution in [1.82, 2.24) is 9.80 Å². The Kier molecular flexibility index (Phi) is 6.93. The molecule has 1 atom stereocenters. The minimum Gasteiger partial charge on any atom is -0.507 e. The zero-order valence-corrected chi connectivity index (χ0v) is 19.2. The molecule has 7 heteroatoms. The zero-order chi connectivity index (χ0) is 21.1. The average molecular weight is 477 g/mol. The van der Waals surface area contributed by atoms with E-state index >= 15 is 0 Å². The molecule has 154 valence electrons. The number of aryl methyl sites for hydroxylation is 1. The molecule has 2 heterocycles. The Morgan fingerprint density at radius 2 is 1.97 bits per heavy atom. The Bertz CT molecular complexity index is 936. The van der Waals surface area contributed by atoms with Crippen LogP contribution in [0.5, 0.6) is 0 Å². The molecule has 0 radical (unpaired) electrons. The number of rotatable bonds is 7. The van der Waals surface area contributed by atoms with Gasteiger partial charge in [0.25, 0.3) is 11.7 Å². The molecule has 0 bridgehead atoms. The van der Waals surface area contributed by atoms with Crippen molar-refractivity contribution < 1.29 is 14.7 Å². The summed E-state index contributed by atoms with van der Waals surface area (Å²) in [4.78, 5) is 30.5. The highest BCUT2D eigenvalue weighted by Crippen LogP contribution is 2.41. The van der Waals surface area contributed by atoms with Gasteiger partial charge in [0.05, 0.1) is 11.6 Å². The maximum absolute atomic E-state index is 12.9. The number of carbonyl (C=O) groups excluding carboxylic acids is 2. The number of thiophene rings is 1. The van der Waals surface area contributed by atoms with Crippen molar-refractivity contribution in [2.45, 2.75) is 26.8 Å². The average Bonchev–Trinajstić information content (AvgIpc) is 3.32. The molecule has 1 aliphatic heterocycles. The maximum Gasteiger partial charge on any atom is 0.295 e. The van der Waals surface area contributed by atoms with E-state index in [9.17, 15) is 14.7 Å². The number of hydrogen-bond donors (Lipinski definition) is 1. The van der Waals surface area contributed by atoms with Gasteiger partial charge < -0.3 is 14.9 Å². The fourth-order valence-corrected chi connectivity index (χ4v) is 4.68. The summed E-state index contributed by atoms with van der Waals surface area (Å²) in [6.07, 6.45) is 0. The second-order valence-electron chi connectivity index (χ2n) is 7.00. The zero-order valence-electron chi connectivity index (χ0n) is 16.8. The molecule has 29 heavy (non-hydrogen) atoms. The topological polar surface area (TPSA) is 60.9 Å². The van der Waals surface area contributed by atoms with Gasteiger partial charge in [-0.25, -0.2) is 0 Å². The number of likely N-dealkylation sites (tertiary alicyclic amines) is 1. The normalized spacial score (nSPS) is 18.8.